The van der Waals surface area contributed by atoms with Gasteiger partial charge in [-0.3, -0.25) is 4.79 Å². The Morgan fingerprint density at radius 3 is 2.24 bits per heavy atom. The van der Waals surface area contributed by atoms with Crippen molar-refractivity contribution in [3.05, 3.63) is 35.9 Å². The zero-order valence-electron chi connectivity index (χ0n) is 9.39. The summed E-state index contributed by atoms with van der Waals surface area (Å²) in [7, 11) is 0. The molecule has 0 unspecified atom stereocenters. The monoisotopic (exact) mass is 280 g/mol. The first-order valence-electron chi connectivity index (χ1n) is 4.96. The average Bonchev–Trinajstić information content (AvgIpc) is 2.24. The van der Waals surface area contributed by atoms with Crippen molar-refractivity contribution in [3.63, 3.8) is 0 Å². The molecule has 0 aliphatic rings. The molecule has 0 atom stereocenters. The summed E-state index contributed by atoms with van der Waals surface area (Å²) in [5, 5.41) is 14.4. The standard InChI is InChI=1S/C11H16N2O2.2ClH/c14-11(15)9-13-7-6-12-8-10-4-2-1-3-5-10;;/h1-5,12-13H,6-9H2,(H,14,15);2*1H. The van der Waals surface area contributed by atoms with Gasteiger partial charge in [0.2, 0.25) is 0 Å². The molecular formula is C11H18Cl2N2O2. The predicted octanol–water partition coefficient (Wildman–Crippen LogP) is 1.29. The van der Waals surface area contributed by atoms with Crippen molar-refractivity contribution in [2.24, 2.45) is 0 Å². The SMILES string of the molecule is Cl.Cl.O=C(O)CNCCNCc1ccccc1. The van der Waals surface area contributed by atoms with E-state index in [1.807, 2.05) is 18.2 Å². The van der Waals surface area contributed by atoms with E-state index in [1.54, 1.807) is 0 Å². The molecule has 6 heteroatoms. The Morgan fingerprint density at radius 2 is 1.65 bits per heavy atom. The molecule has 1 aromatic rings. The fourth-order valence-electron chi connectivity index (χ4n) is 1.20. The number of carboxylic acids is 1. The molecule has 0 bridgehead atoms. The van der Waals surface area contributed by atoms with E-state index in [4.69, 9.17) is 5.11 Å². The largest absolute Gasteiger partial charge is 0.480 e. The van der Waals surface area contributed by atoms with Gasteiger partial charge in [-0.1, -0.05) is 30.3 Å². The number of carboxylic acid groups (broad SMARTS) is 1. The predicted molar refractivity (Wildman–Crippen MR) is 73.2 cm³/mol. The van der Waals surface area contributed by atoms with Crippen LogP contribution in [0.2, 0.25) is 0 Å². The number of rotatable bonds is 7. The fourth-order valence-corrected chi connectivity index (χ4v) is 1.20. The summed E-state index contributed by atoms with van der Waals surface area (Å²) < 4.78 is 0. The van der Waals surface area contributed by atoms with E-state index < -0.39 is 5.97 Å². The molecular weight excluding hydrogens is 263 g/mol. The smallest absolute Gasteiger partial charge is 0.317 e. The van der Waals surface area contributed by atoms with Crippen LogP contribution in [0.25, 0.3) is 0 Å². The minimum atomic E-state index is -0.821. The van der Waals surface area contributed by atoms with E-state index in [0.29, 0.717) is 6.54 Å². The number of halogens is 2. The Kier molecular flexibility index (Phi) is 12.7. The van der Waals surface area contributed by atoms with Gasteiger partial charge in [-0.15, -0.1) is 24.8 Å². The third kappa shape index (κ3) is 10.1. The van der Waals surface area contributed by atoms with Crippen LogP contribution in [0.4, 0.5) is 0 Å². The lowest BCUT2D eigenvalue weighted by atomic mass is 10.2. The summed E-state index contributed by atoms with van der Waals surface area (Å²) in [5.74, 6) is -0.821. The Labute approximate surface area is 114 Å². The summed E-state index contributed by atoms with van der Waals surface area (Å²) in [4.78, 5) is 10.2. The molecule has 98 valence electrons. The van der Waals surface area contributed by atoms with Gasteiger partial charge in [0.1, 0.15) is 0 Å². The third-order valence-electron chi connectivity index (χ3n) is 1.93. The quantitative estimate of drug-likeness (QED) is 0.659. The van der Waals surface area contributed by atoms with Crippen LogP contribution in [0.15, 0.2) is 30.3 Å². The number of aliphatic carboxylic acids is 1. The molecule has 0 aromatic heterocycles. The Hall–Kier alpha value is -0.810. The highest BCUT2D eigenvalue weighted by Gasteiger charge is 1.94. The molecule has 1 rings (SSSR count). The van der Waals surface area contributed by atoms with E-state index in [-0.39, 0.29) is 31.4 Å². The van der Waals surface area contributed by atoms with Crippen molar-refractivity contribution < 1.29 is 9.90 Å². The second-order valence-corrected chi connectivity index (χ2v) is 3.23. The van der Waals surface area contributed by atoms with Gasteiger partial charge in [-0.25, -0.2) is 0 Å². The molecule has 0 fully saturated rings. The molecule has 0 heterocycles. The maximum atomic E-state index is 10.2. The lowest BCUT2D eigenvalue weighted by Gasteiger charge is -2.04. The topological polar surface area (TPSA) is 61.4 Å². The summed E-state index contributed by atoms with van der Waals surface area (Å²) in [6.45, 7) is 2.27. The number of hydrogen-bond acceptors (Lipinski definition) is 3. The molecule has 17 heavy (non-hydrogen) atoms. The fraction of sp³-hybridized carbons (Fsp3) is 0.364. The molecule has 1 aromatic carbocycles. The van der Waals surface area contributed by atoms with Gasteiger partial charge >= 0.3 is 5.97 Å². The Morgan fingerprint density at radius 1 is 1.06 bits per heavy atom. The Balaban J connectivity index is 0. The van der Waals surface area contributed by atoms with E-state index in [0.717, 1.165) is 13.1 Å². The number of benzene rings is 1. The van der Waals surface area contributed by atoms with Crippen molar-refractivity contribution in [1.82, 2.24) is 10.6 Å². The second-order valence-electron chi connectivity index (χ2n) is 3.23. The van der Waals surface area contributed by atoms with Crippen molar-refractivity contribution in [1.29, 1.82) is 0 Å². The summed E-state index contributed by atoms with van der Waals surface area (Å²) in [6, 6.07) is 10.1. The summed E-state index contributed by atoms with van der Waals surface area (Å²) in [5.41, 5.74) is 1.23. The van der Waals surface area contributed by atoms with Crippen molar-refractivity contribution >= 4 is 30.8 Å². The van der Waals surface area contributed by atoms with E-state index >= 15 is 0 Å². The molecule has 0 saturated carbocycles. The zero-order chi connectivity index (χ0) is 10.9. The zero-order valence-corrected chi connectivity index (χ0v) is 11.0. The highest BCUT2D eigenvalue weighted by molar-refractivity contribution is 5.85. The molecule has 0 aliphatic carbocycles. The maximum absolute atomic E-state index is 10.2. The molecule has 0 amide bonds. The third-order valence-corrected chi connectivity index (χ3v) is 1.93. The summed E-state index contributed by atoms with van der Waals surface area (Å²) >= 11 is 0. The van der Waals surface area contributed by atoms with Crippen LogP contribution in [0.3, 0.4) is 0 Å². The average molecular weight is 281 g/mol. The number of hydrogen-bond donors (Lipinski definition) is 3. The van der Waals surface area contributed by atoms with Crippen LogP contribution in [-0.4, -0.2) is 30.7 Å². The normalized spacial score (nSPS) is 8.94. The molecule has 0 spiro atoms. The minimum Gasteiger partial charge on any atom is -0.480 e. The summed E-state index contributed by atoms with van der Waals surface area (Å²) in [6.07, 6.45) is 0. The van der Waals surface area contributed by atoms with Crippen LogP contribution < -0.4 is 10.6 Å². The number of nitrogens with one attached hydrogen (secondary N) is 2. The van der Waals surface area contributed by atoms with Crippen molar-refractivity contribution in [2.45, 2.75) is 6.54 Å². The maximum Gasteiger partial charge on any atom is 0.317 e. The van der Waals surface area contributed by atoms with Crippen LogP contribution >= 0.6 is 24.8 Å². The van der Waals surface area contributed by atoms with Gasteiger partial charge in [0.25, 0.3) is 0 Å². The van der Waals surface area contributed by atoms with Gasteiger partial charge in [-0.05, 0) is 5.56 Å². The van der Waals surface area contributed by atoms with Gasteiger partial charge < -0.3 is 15.7 Å². The van der Waals surface area contributed by atoms with Crippen LogP contribution in [0, 0.1) is 0 Å². The lowest BCUT2D eigenvalue weighted by molar-refractivity contribution is -0.135. The first kappa shape index (κ1) is 18.6. The molecule has 0 radical (unpaired) electrons. The first-order valence-corrected chi connectivity index (χ1v) is 4.96. The van der Waals surface area contributed by atoms with Crippen LogP contribution in [0.5, 0.6) is 0 Å². The van der Waals surface area contributed by atoms with E-state index in [1.165, 1.54) is 5.56 Å². The second kappa shape index (κ2) is 11.7. The van der Waals surface area contributed by atoms with Gasteiger partial charge in [-0.2, -0.15) is 0 Å². The molecule has 0 aliphatic heterocycles. The lowest BCUT2D eigenvalue weighted by Crippen LogP contribution is -2.30. The van der Waals surface area contributed by atoms with E-state index in [9.17, 15) is 4.79 Å². The van der Waals surface area contributed by atoms with Gasteiger partial charge in [0, 0.05) is 19.6 Å². The molecule has 3 N–H and O–H groups in total. The van der Waals surface area contributed by atoms with Gasteiger partial charge in [0.15, 0.2) is 0 Å². The van der Waals surface area contributed by atoms with E-state index in [2.05, 4.69) is 22.8 Å². The highest BCUT2D eigenvalue weighted by Crippen LogP contribution is 1.96. The van der Waals surface area contributed by atoms with Crippen LogP contribution in [-0.2, 0) is 11.3 Å². The molecule has 0 saturated heterocycles. The number of carbonyl (C=O) groups is 1. The van der Waals surface area contributed by atoms with Crippen molar-refractivity contribution in [3.8, 4) is 0 Å². The van der Waals surface area contributed by atoms with Crippen LogP contribution in [0.1, 0.15) is 5.56 Å². The molecule has 4 nitrogen and oxygen atoms in total. The van der Waals surface area contributed by atoms with Crippen molar-refractivity contribution in [2.75, 3.05) is 19.6 Å². The van der Waals surface area contributed by atoms with Gasteiger partial charge in [0.05, 0.1) is 6.54 Å². The Bertz CT molecular complexity index is 297. The minimum absolute atomic E-state index is 0. The first-order chi connectivity index (χ1) is 7.29. The highest BCUT2D eigenvalue weighted by atomic mass is 35.5.